The zero-order valence-corrected chi connectivity index (χ0v) is 11.6. The number of hydrogen-bond donors (Lipinski definition) is 0. The summed E-state index contributed by atoms with van der Waals surface area (Å²) in [6.07, 6.45) is 1.21. The predicted octanol–water partition coefficient (Wildman–Crippen LogP) is 2.69. The van der Waals surface area contributed by atoms with E-state index in [-0.39, 0.29) is 11.9 Å². The molecule has 0 unspecified atom stereocenters. The lowest BCUT2D eigenvalue weighted by Gasteiger charge is -2.26. The SMILES string of the molecule is CC(C)N(Cc1ccccc1)C(=O)c1ccc(=O)oc1. The summed E-state index contributed by atoms with van der Waals surface area (Å²) >= 11 is 0. The van der Waals surface area contributed by atoms with Crippen LogP contribution < -0.4 is 5.63 Å². The minimum Gasteiger partial charge on any atom is -0.430 e. The van der Waals surface area contributed by atoms with Crippen molar-refractivity contribution < 1.29 is 9.21 Å². The third-order valence-corrected chi connectivity index (χ3v) is 3.03. The smallest absolute Gasteiger partial charge is 0.335 e. The van der Waals surface area contributed by atoms with Crippen LogP contribution in [-0.4, -0.2) is 16.8 Å². The Morgan fingerprint density at radius 2 is 1.85 bits per heavy atom. The van der Waals surface area contributed by atoms with E-state index in [4.69, 9.17) is 4.42 Å². The van der Waals surface area contributed by atoms with Crippen molar-refractivity contribution in [3.05, 3.63) is 70.3 Å². The molecule has 0 fully saturated rings. The number of hydrogen-bond acceptors (Lipinski definition) is 3. The molecular weight excluding hydrogens is 254 g/mol. The highest BCUT2D eigenvalue weighted by Gasteiger charge is 2.19. The van der Waals surface area contributed by atoms with Gasteiger partial charge >= 0.3 is 5.63 Å². The van der Waals surface area contributed by atoms with E-state index in [1.54, 1.807) is 4.90 Å². The molecule has 2 rings (SSSR count). The fourth-order valence-corrected chi connectivity index (χ4v) is 1.91. The van der Waals surface area contributed by atoms with Gasteiger partial charge in [0.25, 0.3) is 5.91 Å². The summed E-state index contributed by atoms with van der Waals surface area (Å²) in [4.78, 5) is 25.2. The number of nitrogens with zero attached hydrogens (tertiary/aromatic N) is 1. The quantitative estimate of drug-likeness (QED) is 0.859. The van der Waals surface area contributed by atoms with E-state index >= 15 is 0 Å². The van der Waals surface area contributed by atoms with E-state index in [1.807, 2.05) is 44.2 Å². The summed E-state index contributed by atoms with van der Waals surface area (Å²) in [6.45, 7) is 4.44. The van der Waals surface area contributed by atoms with Gasteiger partial charge in [-0.25, -0.2) is 4.79 Å². The lowest BCUT2D eigenvalue weighted by Crippen LogP contribution is -2.36. The highest BCUT2D eigenvalue weighted by atomic mass is 16.4. The topological polar surface area (TPSA) is 50.5 Å². The summed E-state index contributed by atoms with van der Waals surface area (Å²) in [5.74, 6) is -0.146. The van der Waals surface area contributed by atoms with Gasteiger partial charge in [0.2, 0.25) is 0 Å². The largest absolute Gasteiger partial charge is 0.430 e. The first-order valence-electron chi connectivity index (χ1n) is 6.51. The third kappa shape index (κ3) is 3.35. The molecule has 0 saturated heterocycles. The standard InChI is InChI=1S/C16H17NO3/c1-12(2)17(10-13-6-4-3-5-7-13)16(19)14-8-9-15(18)20-11-14/h3-9,11-12H,10H2,1-2H3. The van der Waals surface area contributed by atoms with Crippen LogP contribution in [0.3, 0.4) is 0 Å². The maximum Gasteiger partial charge on any atom is 0.335 e. The van der Waals surface area contributed by atoms with Crippen molar-refractivity contribution >= 4 is 5.91 Å². The third-order valence-electron chi connectivity index (χ3n) is 3.03. The molecule has 0 spiro atoms. The van der Waals surface area contributed by atoms with Crippen LogP contribution in [0, 0.1) is 0 Å². The Hall–Kier alpha value is -2.36. The van der Waals surface area contributed by atoms with Crippen molar-refractivity contribution in [1.82, 2.24) is 4.90 Å². The summed E-state index contributed by atoms with van der Waals surface area (Å²) < 4.78 is 4.76. The van der Waals surface area contributed by atoms with Crippen LogP contribution >= 0.6 is 0 Å². The van der Waals surface area contributed by atoms with Crippen molar-refractivity contribution in [2.24, 2.45) is 0 Å². The first-order valence-corrected chi connectivity index (χ1v) is 6.51. The van der Waals surface area contributed by atoms with Crippen molar-refractivity contribution in [2.45, 2.75) is 26.4 Å². The van der Waals surface area contributed by atoms with E-state index in [9.17, 15) is 9.59 Å². The number of benzene rings is 1. The Bertz CT molecular complexity index is 611. The van der Waals surface area contributed by atoms with Gasteiger partial charge in [0, 0.05) is 18.7 Å². The van der Waals surface area contributed by atoms with E-state index in [0.717, 1.165) is 5.56 Å². The molecule has 0 N–H and O–H groups in total. The van der Waals surface area contributed by atoms with Crippen LogP contribution in [0.5, 0.6) is 0 Å². The molecule has 1 heterocycles. The lowest BCUT2D eigenvalue weighted by molar-refractivity contribution is 0.0687. The van der Waals surface area contributed by atoms with Gasteiger partial charge in [-0.1, -0.05) is 30.3 Å². The summed E-state index contributed by atoms with van der Waals surface area (Å²) in [6, 6.07) is 12.6. The lowest BCUT2D eigenvalue weighted by atomic mass is 10.1. The fraction of sp³-hybridized carbons (Fsp3) is 0.250. The summed E-state index contributed by atoms with van der Waals surface area (Å²) in [5, 5.41) is 0. The molecule has 0 atom stereocenters. The van der Waals surface area contributed by atoms with Crippen molar-refractivity contribution in [3.63, 3.8) is 0 Å². The highest BCUT2D eigenvalue weighted by Crippen LogP contribution is 2.12. The molecule has 20 heavy (non-hydrogen) atoms. The zero-order valence-electron chi connectivity index (χ0n) is 11.6. The normalized spacial score (nSPS) is 10.6. The van der Waals surface area contributed by atoms with Gasteiger partial charge < -0.3 is 9.32 Å². The maximum atomic E-state index is 12.5. The van der Waals surface area contributed by atoms with Gasteiger partial charge in [-0.05, 0) is 25.5 Å². The Morgan fingerprint density at radius 1 is 1.15 bits per heavy atom. The molecule has 1 aromatic carbocycles. The molecule has 1 aromatic heterocycles. The van der Waals surface area contributed by atoms with Gasteiger partial charge in [-0.2, -0.15) is 0 Å². The maximum absolute atomic E-state index is 12.5. The molecule has 1 amide bonds. The Kier molecular flexibility index (Phi) is 4.35. The first-order chi connectivity index (χ1) is 9.58. The van der Waals surface area contributed by atoms with E-state index < -0.39 is 5.63 Å². The average molecular weight is 271 g/mol. The molecule has 0 aliphatic rings. The fourth-order valence-electron chi connectivity index (χ4n) is 1.91. The van der Waals surface area contributed by atoms with E-state index in [1.165, 1.54) is 18.4 Å². The number of carbonyl (C=O) groups excluding carboxylic acids is 1. The minimum atomic E-state index is -0.458. The van der Waals surface area contributed by atoms with Gasteiger partial charge in [-0.3, -0.25) is 4.79 Å². The number of carbonyl (C=O) groups is 1. The molecule has 0 aliphatic carbocycles. The monoisotopic (exact) mass is 271 g/mol. The minimum absolute atomic E-state index is 0.0506. The molecule has 0 bridgehead atoms. The molecular formula is C16H17NO3. The summed E-state index contributed by atoms with van der Waals surface area (Å²) in [5.41, 5.74) is 0.988. The predicted molar refractivity (Wildman–Crippen MR) is 76.4 cm³/mol. The van der Waals surface area contributed by atoms with Crippen LogP contribution in [-0.2, 0) is 6.54 Å². The van der Waals surface area contributed by atoms with E-state index in [0.29, 0.717) is 12.1 Å². The van der Waals surface area contributed by atoms with Gasteiger partial charge in [0.05, 0.1) is 5.56 Å². The van der Waals surface area contributed by atoms with Crippen LogP contribution in [0.15, 0.2) is 57.9 Å². The Labute approximate surface area is 117 Å². The van der Waals surface area contributed by atoms with Crippen LogP contribution in [0.2, 0.25) is 0 Å². The Morgan fingerprint density at radius 3 is 2.40 bits per heavy atom. The zero-order chi connectivity index (χ0) is 14.5. The van der Waals surface area contributed by atoms with Gasteiger partial charge in [0.1, 0.15) is 6.26 Å². The van der Waals surface area contributed by atoms with Gasteiger partial charge in [0.15, 0.2) is 0 Å². The molecule has 0 aliphatic heterocycles. The number of amides is 1. The van der Waals surface area contributed by atoms with Crippen molar-refractivity contribution in [2.75, 3.05) is 0 Å². The van der Waals surface area contributed by atoms with Crippen molar-refractivity contribution in [1.29, 1.82) is 0 Å². The Balaban J connectivity index is 2.22. The van der Waals surface area contributed by atoms with Gasteiger partial charge in [-0.15, -0.1) is 0 Å². The van der Waals surface area contributed by atoms with E-state index in [2.05, 4.69) is 0 Å². The highest BCUT2D eigenvalue weighted by molar-refractivity contribution is 5.93. The molecule has 4 nitrogen and oxygen atoms in total. The summed E-state index contributed by atoms with van der Waals surface area (Å²) in [7, 11) is 0. The van der Waals surface area contributed by atoms with Crippen LogP contribution in [0.25, 0.3) is 0 Å². The van der Waals surface area contributed by atoms with Crippen molar-refractivity contribution in [3.8, 4) is 0 Å². The molecule has 0 radical (unpaired) electrons. The molecule has 4 heteroatoms. The number of rotatable bonds is 4. The van der Waals surface area contributed by atoms with Crippen LogP contribution in [0.4, 0.5) is 0 Å². The van der Waals surface area contributed by atoms with Crippen LogP contribution in [0.1, 0.15) is 29.8 Å². The molecule has 0 saturated carbocycles. The first kappa shape index (κ1) is 14.1. The second-order valence-corrected chi connectivity index (χ2v) is 4.86. The molecule has 104 valence electrons. The second kappa shape index (κ2) is 6.19. The average Bonchev–Trinajstić information content (AvgIpc) is 2.45. The second-order valence-electron chi connectivity index (χ2n) is 4.86. The molecule has 2 aromatic rings.